The average molecular weight is 171 g/mol. The third-order valence-corrected chi connectivity index (χ3v) is 2.43. The summed E-state index contributed by atoms with van der Waals surface area (Å²) in [5.41, 5.74) is 6.71. The van der Waals surface area contributed by atoms with Crippen molar-refractivity contribution in [2.45, 2.75) is 6.54 Å². The van der Waals surface area contributed by atoms with Gasteiger partial charge in [-0.15, -0.1) is 0 Å². The van der Waals surface area contributed by atoms with E-state index in [-0.39, 0.29) is 0 Å². The number of nitrogens with zero attached hydrogens (tertiary/aromatic N) is 1. The first-order chi connectivity index (χ1) is 6.45. The highest BCUT2D eigenvalue weighted by Gasteiger charge is 2.08. The number of aromatic nitrogens is 1. The topological polar surface area (TPSA) is 40.2 Å². The fourth-order valence-electron chi connectivity index (χ4n) is 1.77. The molecule has 0 spiro atoms. The molecule has 13 heavy (non-hydrogen) atoms. The monoisotopic (exact) mass is 171 g/mol. The van der Waals surface area contributed by atoms with Crippen molar-refractivity contribution >= 4 is 17.1 Å². The summed E-state index contributed by atoms with van der Waals surface area (Å²) < 4.78 is 0. The van der Waals surface area contributed by atoms with Crippen LogP contribution in [0.4, 0.5) is 0 Å². The van der Waals surface area contributed by atoms with Crippen LogP contribution in [0.1, 0.15) is 11.1 Å². The molecule has 64 valence electrons. The predicted molar refractivity (Wildman–Crippen MR) is 52.7 cm³/mol. The van der Waals surface area contributed by atoms with Crippen molar-refractivity contribution in [2.75, 3.05) is 0 Å². The first-order valence-corrected chi connectivity index (χ1v) is 4.30. The number of fused-ring (bicyclic) bond motifs is 3. The Morgan fingerprint density at radius 2 is 2.23 bits per heavy atom. The minimum absolute atomic E-state index is 0.820. The summed E-state index contributed by atoms with van der Waals surface area (Å²) in [5, 5.41) is 5.31. The third-order valence-electron chi connectivity index (χ3n) is 2.43. The van der Waals surface area contributed by atoms with Gasteiger partial charge in [-0.3, -0.25) is 0 Å². The highest BCUT2D eigenvalue weighted by molar-refractivity contribution is 5.93. The van der Waals surface area contributed by atoms with E-state index in [2.05, 4.69) is 33.7 Å². The van der Waals surface area contributed by atoms with Gasteiger partial charge in [0.15, 0.2) is 0 Å². The van der Waals surface area contributed by atoms with Crippen molar-refractivity contribution in [2.24, 2.45) is 5.10 Å². The minimum atomic E-state index is 0.820. The third kappa shape index (κ3) is 0.869. The van der Waals surface area contributed by atoms with Gasteiger partial charge in [-0.25, -0.2) is 0 Å². The van der Waals surface area contributed by atoms with Crippen molar-refractivity contribution in [3.63, 3.8) is 0 Å². The molecule has 3 heteroatoms. The Morgan fingerprint density at radius 3 is 3.23 bits per heavy atom. The summed E-state index contributed by atoms with van der Waals surface area (Å²) in [6, 6.07) is 6.29. The Bertz CT molecular complexity index is 482. The molecule has 3 rings (SSSR count). The molecule has 0 saturated heterocycles. The van der Waals surface area contributed by atoms with Gasteiger partial charge in [0.2, 0.25) is 0 Å². The highest BCUT2D eigenvalue weighted by atomic mass is 15.3. The van der Waals surface area contributed by atoms with Crippen LogP contribution in [-0.2, 0) is 6.54 Å². The van der Waals surface area contributed by atoms with Crippen molar-refractivity contribution in [1.82, 2.24) is 10.4 Å². The maximum atomic E-state index is 4.02. The number of hydrogen-bond acceptors (Lipinski definition) is 2. The van der Waals surface area contributed by atoms with Gasteiger partial charge < -0.3 is 10.4 Å². The van der Waals surface area contributed by atoms with E-state index in [9.17, 15) is 0 Å². The molecule has 2 aromatic rings. The predicted octanol–water partition coefficient (Wildman–Crippen LogP) is 1.60. The molecule has 2 heterocycles. The van der Waals surface area contributed by atoms with E-state index in [1.807, 2.05) is 12.4 Å². The minimum Gasteiger partial charge on any atom is -0.361 e. The number of H-pyrrole nitrogens is 1. The molecule has 0 atom stereocenters. The van der Waals surface area contributed by atoms with Gasteiger partial charge in [0.1, 0.15) is 0 Å². The van der Waals surface area contributed by atoms with Crippen LogP contribution in [0, 0.1) is 0 Å². The summed E-state index contributed by atoms with van der Waals surface area (Å²) in [6.07, 6.45) is 3.84. The lowest BCUT2D eigenvalue weighted by molar-refractivity contribution is 0.739. The number of aromatic amines is 1. The number of benzene rings is 1. The SMILES string of the molecule is C1=NNCc2c1ccc1[nH]ccc21. The summed E-state index contributed by atoms with van der Waals surface area (Å²) in [6.45, 7) is 0.820. The van der Waals surface area contributed by atoms with E-state index in [4.69, 9.17) is 0 Å². The van der Waals surface area contributed by atoms with Gasteiger partial charge in [0.25, 0.3) is 0 Å². The summed E-state index contributed by atoms with van der Waals surface area (Å²) >= 11 is 0. The molecule has 1 aromatic heterocycles. The van der Waals surface area contributed by atoms with Crippen LogP contribution in [0.5, 0.6) is 0 Å². The summed E-state index contributed by atoms with van der Waals surface area (Å²) in [7, 11) is 0. The zero-order valence-corrected chi connectivity index (χ0v) is 7.04. The average Bonchev–Trinajstić information content (AvgIpc) is 2.65. The molecule has 0 fully saturated rings. The van der Waals surface area contributed by atoms with E-state index >= 15 is 0 Å². The van der Waals surface area contributed by atoms with Gasteiger partial charge in [0, 0.05) is 22.7 Å². The van der Waals surface area contributed by atoms with Gasteiger partial charge in [-0.1, -0.05) is 6.07 Å². The molecule has 0 saturated carbocycles. The molecule has 0 bridgehead atoms. The highest BCUT2D eigenvalue weighted by Crippen LogP contribution is 2.21. The Hall–Kier alpha value is -1.77. The number of rotatable bonds is 0. The van der Waals surface area contributed by atoms with Crippen LogP contribution in [0.3, 0.4) is 0 Å². The zero-order valence-electron chi connectivity index (χ0n) is 7.04. The van der Waals surface area contributed by atoms with Crippen molar-refractivity contribution in [3.05, 3.63) is 35.5 Å². The quantitative estimate of drug-likeness (QED) is 0.621. The lowest BCUT2D eigenvalue weighted by Crippen LogP contribution is -2.13. The largest absolute Gasteiger partial charge is 0.361 e. The van der Waals surface area contributed by atoms with Gasteiger partial charge in [0.05, 0.1) is 12.8 Å². The molecule has 0 aliphatic carbocycles. The van der Waals surface area contributed by atoms with Gasteiger partial charge in [-0.2, -0.15) is 5.10 Å². The Morgan fingerprint density at radius 1 is 1.23 bits per heavy atom. The van der Waals surface area contributed by atoms with Gasteiger partial charge >= 0.3 is 0 Å². The molecular formula is C10H9N3. The number of nitrogens with one attached hydrogen (secondary N) is 2. The second-order valence-corrected chi connectivity index (χ2v) is 3.17. The standard InChI is InChI=1S/C10H9N3/c1-2-10-8(3-4-11-10)9-6-13-12-5-7(1)9/h1-5,11,13H,6H2. The smallest absolute Gasteiger partial charge is 0.0593 e. The van der Waals surface area contributed by atoms with E-state index < -0.39 is 0 Å². The second kappa shape index (κ2) is 2.36. The first kappa shape index (κ1) is 6.71. The molecule has 0 unspecified atom stereocenters. The van der Waals surface area contributed by atoms with Crippen LogP contribution in [-0.4, -0.2) is 11.2 Å². The van der Waals surface area contributed by atoms with Crippen molar-refractivity contribution in [1.29, 1.82) is 0 Å². The van der Waals surface area contributed by atoms with Crippen LogP contribution < -0.4 is 5.43 Å². The molecule has 2 N–H and O–H groups in total. The summed E-state index contributed by atoms with van der Waals surface area (Å²) in [5.74, 6) is 0. The molecule has 1 aliphatic heterocycles. The fourth-order valence-corrected chi connectivity index (χ4v) is 1.77. The van der Waals surface area contributed by atoms with Crippen LogP contribution in [0.15, 0.2) is 29.5 Å². The van der Waals surface area contributed by atoms with E-state index in [1.54, 1.807) is 0 Å². The maximum Gasteiger partial charge on any atom is 0.0593 e. The normalized spacial score (nSPS) is 14.2. The van der Waals surface area contributed by atoms with E-state index in [0.717, 1.165) is 6.54 Å². The Balaban J connectivity index is 2.42. The zero-order chi connectivity index (χ0) is 8.67. The van der Waals surface area contributed by atoms with Crippen molar-refractivity contribution in [3.8, 4) is 0 Å². The molecule has 3 nitrogen and oxygen atoms in total. The number of hydrazone groups is 1. The summed E-state index contributed by atoms with van der Waals surface area (Å²) in [4.78, 5) is 3.20. The van der Waals surface area contributed by atoms with Crippen LogP contribution >= 0.6 is 0 Å². The van der Waals surface area contributed by atoms with Gasteiger partial charge in [-0.05, 0) is 17.7 Å². The van der Waals surface area contributed by atoms with Crippen LogP contribution in [0.2, 0.25) is 0 Å². The first-order valence-electron chi connectivity index (χ1n) is 4.30. The van der Waals surface area contributed by atoms with E-state index in [1.165, 1.54) is 22.0 Å². The second-order valence-electron chi connectivity index (χ2n) is 3.17. The lowest BCUT2D eigenvalue weighted by Gasteiger charge is -2.11. The molecule has 0 amide bonds. The molecule has 0 radical (unpaired) electrons. The van der Waals surface area contributed by atoms with Crippen molar-refractivity contribution < 1.29 is 0 Å². The lowest BCUT2D eigenvalue weighted by atomic mass is 10.0. The van der Waals surface area contributed by atoms with Crippen LogP contribution in [0.25, 0.3) is 10.9 Å². The molecule has 1 aromatic carbocycles. The molecule has 1 aliphatic rings. The Kier molecular flexibility index (Phi) is 1.22. The van der Waals surface area contributed by atoms with E-state index in [0.29, 0.717) is 0 Å². The molecular weight excluding hydrogens is 162 g/mol. The Labute approximate surface area is 75.5 Å². The fraction of sp³-hybridized carbons (Fsp3) is 0.100. The maximum absolute atomic E-state index is 4.02. The number of hydrogen-bond donors (Lipinski definition) is 2.